The molecule has 4 aromatic rings. The van der Waals surface area contributed by atoms with E-state index in [9.17, 15) is 17.6 Å². The van der Waals surface area contributed by atoms with Gasteiger partial charge in [-0.3, -0.25) is 0 Å². The predicted molar refractivity (Wildman–Crippen MR) is 90.7 cm³/mol. The second-order valence-electron chi connectivity index (χ2n) is 5.59. The van der Waals surface area contributed by atoms with Crippen LogP contribution in [0.2, 0.25) is 0 Å². The Balaban J connectivity index is 2.25. The third kappa shape index (κ3) is 2.02. The van der Waals surface area contributed by atoms with E-state index in [1.165, 1.54) is 4.57 Å². The van der Waals surface area contributed by atoms with Crippen molar-refractivity contribution in [1.82, 2.24) is 4.57 Å². The van der Waals surface area contributed by atoms with Crippen molar-refractivity contribution < 1.29 is 17.6 Å². The third-order valence-electron chi connectivity index (χ3n) is 4.28. The van der Waals surface area contributed by atoms with Crippen LogP contribution in [-0.2, 0) is 0 Å². The molecule has 1 nitrogen and oxygen atoms in total. The van der Waals surface area contributed by atoms with Gasteiger partial charge in [0, 0.05) is 10.8 Å². The van der Waals surface area contributed by atoms with E-state index in [-0.39, 0.29) is 0 Å². The minimum absolute atomic E-state index is 0.451. The van der Waals surface area contributed by atoms with Gasteiger partial charge < -0.3 is 4.57 Å². The number of benzene rings is 3. The lowest BCUT2D eigenvalue weighted by molar-refractivity contribution is 0.447. The monoisotopic (exact) mass is 341 g/mol. The number of halogens is 4. The number of hydrogen-bond acceptors (Lipinski definition) is 0. The lowest BCUT2D eigenvalue weighted by Gasteiger charge is -2.13. The van der Waals surface area contributed by atoms with Crippen molar-refractivity contribution >= 4 is 27.9 Å². The number of fused-ring (bicyclic) bond motifs is 3. The van der Waals surface area contributed by atoms with Crippen molar-refractivity contribution in [2.45, 2.75) is 0 Å². The van der Waals surface area contributed by atoms with Gasteiger partial charge in [0.25, 0.3) is 0 Å². The van der Waals surface area contributed by atoms with Crippen LogP contribution in [0.1, 0.15) is 5.56 Å². The molecule has 0 amide bonds. The van der Waals surface area contributed by atoms with Gasteiger partial charge in [-0.2, -0.15) is 0 Å². The maximum atomic E-state index is 14.7. The minimum atomic E-state index is -1.47. The molecule has 0 N–H and O–H groups in total. The van der Waals surface area contributed by atoms with Crippen LogP contribution >= 0.6 is 0 Å². The highest BCUT2D eigenvalue weighted by atomic mass is 19.2. The first kappa shape index (κ1) is 15.4. The van der Waals surface area contributed by atoms with E-state index in [0.29, 0.717) is 11.0 Å². The molecule has 0 fully saturated rings. The average molecular weight is 341 g/mol. The predicted octanol–water partition coefficient (Wildman–Crippen LogP) is 5.98. The first-order valence-electron chi connectivity index (χ1n) is 7.53. The van der Waals surface area contributed by atoms with E-state index < -0.39 is 34.5 Å². The van der Waals surface area contributed by atoms with Crippen molar-refractivity contribution in [1.29, 1.82) is 0 Å². The van der Waals surface area contributed by atoms with Crippen LogP contribution in [0.4, 0.5) is 17.6 Å². The maximum Gasteiger partial charge on any atom is 0.186 e. The Kier molecular flexibility index (Phi) is 3.39. The third-order valence-corrected chi connectivity index (χ3v) is 4.28. The highest BCUT2D eigenvalue weighted by molar-refractivity contribution is 6.09. The van der Waals surface area contributed by atoms with Gasteiger partial charge in [0.1, 0.15) is 5.69 Å². The highest BCUT2D eigenvalue weighted by Crippen LogP contribution is 2.36. The molecule has 0 saturated carbocycles. The van der Waals surface area contributed by atoms with Gasteiger partial charge in [-0.25, -0.2) is 17.6 Å². The fourth-order valence-electron chi connectivity index (χ4n) is 3.18. The zero-order valence-corrected chi connectivity index (χ0v) is 12.9. The molecule has 0 spiro atoms. The number of rotatable bonds is 2. The number of aromatic nitrogens is 1. The van der Waals surface area contributed by atoms with E-state index in [4.69, 9.17) is 0 Å². The number of hydrogen-bond donors (Lipinski definition) is 0. The van der Waals surface area contributed by atoms with Gasteiger partial charge in [0.05, 0.1) is 16.6 Å². The van der Waals surface area contributed by atoms with Crippen LogP contribution in [0.15, 0.2) is 55.1 Å². The Labute approximate surface area is 140 Å². The molecular formula is C20H11F4N. The van der Waals surface area contributed by atoms with Crippen molar-refractivity contribution in [3.05, 3.63) is 83.9 Å². The normalized spacial score (nSPS) is 11.4. The first-order valence-corrected chi connectivity index (χ1v) is 7.53. The lowest BCUT2D eigenvalue weighted by Crippen LogP contribution is -2.09. The van der Waals surface area contributed by atoms with Crippen LogP contribution in [-0.4, -0.2) is 4.57 Å². The summed E-state index contributed by atoms with van der Waals surface area (Å²) in [5, 5.41) is 1.45. The lowest BCUT2D eigenvalue weighted by atomic mass is 10.1. The summed E-state index contributed by atoms with van der Waals surface area (Å²) in [4.78, 5) is 0. The summed E-state index contributed by atoms with van der Waals surface area (Å²) in [6, 6.07) is 13.8. The van der Waals surface area contributed by atoms with E-state index in [1.807, 2.05) is 0 Å². The van der Waals surface area contributed by atoms with Gasteiger partial charge in [-0.15, -0.1) is 0 Å². The standard InChI is InChI=1S/C20H11F4N/c1-2-11-16(21)18(23)20(19(24)17(11)22)25-14-9-5-3-7-12(14)13-8-4-6-10-15(13)25/h2-10H,1H2. The molecule has 0 radical (unpaired) electrons. The van der Waals surface area contributed by atoms with E-state index in [1.54, 1.807) is 48.5 Å². The van der Waals surface area contributed by atoms with E-state index in [2.05, 4.69) is 6.58 Å². The quantitative estimate of drug-likeness (QED) is 0.312. The van der Waals surface area contributed by atoms with Gasteiger partial charge in [0.2, 0.25) is 0 Å². The summed E-state index contributed by atoms with van der Waals surface area (Å²) >= 11 is 0. The molecule has 124 valence electrons. The zero-order chi connectivity index (χ0) is 17.7. The molecule has 0 unspecified atom stereocenters. The summed E-state index contributed by atoms with van der Waals surface area (Å²) in [6.07, 6.45) is 0.756. The maximum absolute atomic E-state index is 14.7. The van der Waals surface area contributed by atoms with E-state index in [0.717, 1.165) is 16.8 Å². The van der Waals surface area contributed by atoms with Crippen molar-refractivity contribution in [3.63, 3.8) is 0 Å². The summed E-state index contributed by atoms with van der Waals surface area (Å²) in [5.41, 5.74) is -0.698. The molecule has 0 aliphatic rings. The summed E-state index contributed by atoms with van der Waals surface area (Å²) < 4.78 is 59.0. The molecule has 0 atom stereocenters. The number of nitrogens with zero attached hydrogens (tertiary/aromatic N) is 1. The zero-order valence-electron chi connectivity index (χ0n) is 12.9. The second kappa shape index (κ2) is 5.48. The van der Waals surface area contributed by atoms with Crippen LogP contribution in [0.5, 0.6) is 0 Å². The van der Waals surface area contributed by atoms with Gasteiger partial charge in [-0.05, 0) is 12.1 Å². The highest BCUT2D eigenvalue weighted by Gasteiger charge is 2.27. The van der Waals surface area contributed by atoms with Crippen LogP contribution in [0.3, 0.4) is 0 Å². The molecule has 0 saturated heterocycles. The Hall–Kier alpha value is -3.08. The SMILES string of the molecule is C=Cc1c(F)c(F)c(-n2c3ccccc3c3ccccc32)c(F)c1F. The average Bonchev–Trinajstić information content (AvgIpc) is 2.96. The summed E-state index contributed by atoms with van der Waals surface area (Å²) in [6.45, 7) is 3.21. The Bertz CT molecular complexity index is 1080. The largest absolute Gasteiger partial charge is 0.304 e. The Morgan fingerprint density at radius 2 is 1.12 bits per heavy atom. The fourth-order valence-corrected chi connectivity index (χ4v) is 3.18. The van der Waals surface area contributed by atoms with Crippen LogP contribution < -0.4 is 0 Å². The fraction of sp³-hybridized carbons (Fsp3) is 0. The molecule has 3 aromatic carbocycles. The second-order valence-corrected chi connectivity index (χ2v) is 5.59. The van der Waals surface area contributed by atoms with E-state index >= 15 is 0 Å². The molecule has 0 aliphatic heterocycles. The smallest absolute Gasteiger partial charge is 0.186 e. The summed E-state index contributed by atoms with van der Waals surface area (Å²) in [5.74, 6) is -5.85. The minimum Gasteiger partial charge on any atom is -0.304 e. The first-order chi connectivity index (χ1) is 12.1. The molecule has 0 aliphatic carbocycles. The molecule has 25 heavy (non-hydrogen) atoms. The molecule has 1 heterocycles. The summed E-state index contributed by atoms with van der Waals surface area (Å²) in [7, 11) is 0. The van der Waals surface area contributed by atoms with Crippen molar-refractivity contribution in [3.8, 4) is 5.69 Å². The molecule has 1 aromatic heterocycles. The Morgan fingerprint density at radius 3 is 1.56 bits per heavy atom. The van der Waals surface area contributed by atoms with Crippen molar-refractivity contribution in [2.24, 2.45) is 0 Å². The molecular weight excluding hydrogens is 330 g/mol. The topological polar surface area (TPSA) is 4.93 Å². The molecule has 0 bridgehead atoms. The molecule has 5 heteroatoms. The van der Waals surface area contributed by atoms with Crippen LogP contribution in [0, 0.1) is 23.3 Å². The van der Waals surface area contributed by atoms with Gasteiger partial charge >= 0.3 is 0 Å². The van der Waals surface area contributed by atoms with Gasteiger partial charge in [0.15, 0.2) is 23.3 Å². The van der Waals surface area contributed by atoms with Crippen LogP contribution in [0.25, 0.3) is 33.6 Å². The van der Waals surface area contributed by atoms with Crippen molar-refractivity contribution in [2.75, 3.05) is 0 Å². The van der Waals surface area contributed by atoms with Gasteiger partial charge in [-0.1, -0.05) is 49.1 Å². The molecule has 4 rings (SSSR count). The Morgan fingerprint density at radius 1 is 0.680 bits per heavy atom. The number of para-hydroxylation sites is 2.